The maximum Gasteiger partial charge on any atom is 0.305 e. The number of benzene rings is 1. The summed E-state index contributed by atoms with van der Waals surface area (Å²) in [7, 11) is 3.13. The molecular weight excluding hydrogens is 425 g/mol. The molecule has 1 aromatic rings. The molecule has 1 aromatic carbocycles. The Balaban J connectivity index is 0.00000288. The van der Waals surface area contributed by atoms with Gasteiger partial charge in [0.2, 0.25) is 6.79 Å². The first-order valence-electron chi connectivity index (χ1n) is 7.63. The van der Waals surface area contributed by atoms with Gasteiger partial charge in [-0.1, -0.05) is 6.07 Å². The third-order valence-corrected chi connectivity index (χ3v) is 3.45. The third kappa shape index (κ3) is 6.42. The molecule has 1 heterocycles. The number of carbonyl (C=O) groups excluding carboxylic acids is 1. The number of hydrogen-bond donors (Lipinski definition) is 2. The lowest BCUT2D eigenvalue weighted by Crippen LogP contribution is -2.37. The summed E-state index contributed by atoms with van der Waals surface area (Å²) >= 11 is 0. The van der Waals surface area contributed by atoms with Crippen molar-refractivity contribution in [3.8, 4) is 11.5 Å². The van der Waals surface area contributed by atoms with Crippen LogP contribution in [0.5, 0.6) is 11.5 Å². The molecule has 0 fully saturated rings. The molecule has 0 bridgehead atoms. The fourth-order valence-electron chi connectivity index (χ4n) is 2.16. The van der Waals surface area contributed by atoms with Crippen LogP contribution in [-0.2, 0) is 16.1 Å². The second-order valence-electron chi connectivity index (χ2n) is 5.07. The average Bonchev–Trinajstić information content (AvgIpc) is 3.04. The largest absolute Gasteiger partial charge is 0.469 e. The van der Waals surface area contributed by atoms with E-state index < -0.39 is 0 Å². The summed E-state index contributed by atoms with van der Waals surface area (Å²) in [4.78, 5) is 15.2. The van der Waals surface area contributed by atoms with Crippen LogP contribution in [0.3, 0.4) is 0 Å². The van der Waals surface area contributed by atoms with Gasteiger partial charge in [-0.15, -0.1) is 24.0 Å². The smallest absolute Gasteiger partial charge is 0.305 e. The average molecular weight is 449 g/mol. The Morgan fingerprint density at radius 3 is 2.79 bits per heavy atom. The van der Waals surface area contributed by atoms with E-state index in [9.17, 15) is 4.79 Å². The number of aliphatic imine (C=N–C) groups is 1. The van der Waals surface area contributed by atoms with Crippen molar-refractivity contribution in [1.29, 1.82) is 0 Å². The van der Waals surface area contributed by atoms with E-state index in [0.717, 1.165) is 42.4 Å². The van der Waals surface area contributed by atoms with Crippen molar-refractivity contribution < 1.29 is 19.0 Å². The lowest BCUT2D eigenvalue weighted by atomic mass is 10.2. The Morgan fingerprint density at radius 2 is 2.04 bits per heavy atom. The van der Waals surface area contributed by atoms with Gasteiger partial charge in [0.05, 0.1) is 7.11 Å². The van der Waals surface area contributed by atoms with Crippen molar-refractivity contribution in [3.63, 3.8) is 0 Å². The normalized spacial score (nSPS) is 12.3. The molecule has 8 heteroatoms. The van der Waals surface area contributed by atoms with Crippen molar-refractivity contribution in [1.82, 2.24) is 10.6 Å². The van der Waals surface area contributed by atoms with E-state index in [4.69, 9.17) is 9.47 Å². The lowest BCUT2D eigenvalue weighted by Gasteiger charge is -2.12. The molecule has 0 aromatic heterocycles. The number of carbonyl (C=O) groups is 1. The molecule has 2 N–H and O–H groups in total. The van der Waals surface area contributed by atoms with E-state index in [-0.39, 0.29) is 36.7 Å². The summed E-state index contributed by atoms with van der Waals surface area (Å²) in [5, 5.41) is 6.45. The van der Waals surface area contributed by atoms with Crippen LogP contribution in [0.1, 0.15) is 24.8 Å². The molecule has 1 aliphatic rings. The lowest BCUT2D eigenvalue weighted by molar-refractivity contribution is -0.140. The van der Waals surface area contributed by atoms with Crippen LogP contribution in [0.25, 0.3) is 0 Å². The zero-order chi connectivity index (χ0) is 16.5. The molecule has 0 aliphatic carbocycles. The monoisotopic (exact) mass is 449 g/mol. The summed E-state index contributed by atoms with van der Waals surface area (Å²) < 4.78 is 15.3. The summed E-state index contributed by atoms with van der Waals surface area (Å²) in [6.45, 7) is 1.66. The number of unbranched alkanes of at least 4 members (excludes halogenated alkanes) is 1. The second-order valence-corrected chi connectivity index (χ2v) is 5.07. The number of methoxy groups -OCH3 is 1. The fourth-order valence-corrected chi connectivity index (χ4v) is 2.16. The third-order valence-electron chi connectivity index (χ3n) is 3.45. The summed E-state index contributed by atoms with van der Waals surface area (Å²) in [6.07, 6.45) is 2.11. The number of nitrogens with zero attached hydrogens (tertiary/aromatic N) is 1. The van der Waals surface area contributed by atoms with Gasteiger partial charge in [-0.05, 0) is 30.5 Å². The second kappa shape index (κ2) is 11.0. The van der Waals surface area contributed by atoms with Crippen LogP contribution < -0.4 is 20.1 Å². The molecule has 0 spiro atoms. The molecule has 7 nitrogen and oxygen atoms in total. The summed E-state index contributed by atoms with van der Waals surface area (Å²) in [6, 6.07) is 5.85. The highest BCUT2D eigenvalue weighted by atomic mass is 127. The molecule has 0 radical (unpaired) electrons. The number of hydrogen-bond acceptors (Lipinski definition) is 5. The van der Waals surface area contributed by atoms with E-state index in [1.807, 2.05) is 18.2 Å². The molecular formula is C16H24IN3O4. The van der Waals surface area contributed by atoms with Crippen molar-refractivity contribution in [2.24, 2.45) is 4.99 Å². The van der Waals surface area contributed by atoms with Crippen LogP contribution in [-0.4, -0.2) is 39.4 Å². The predicted octanol–water partition coefficient (Wildman–Crippen LogP) is 2.04. The van der Waals surface area contributed by atoms with Crippen LogP contribution >= 0.6 is 24.0 Å². The number of guanidine groups is 1. The maximum absolute atomic E-state index is 11.0. The summed E-state index contributed by atoms with van der Waals surface area (Å²) in [5.74, 6) is 2.10. The van der Waals surface area contributed by atoms with Crippen molar-refractivity contribution in [2.45, 2.75) is 25.8 Å². The Kier molecular flexibility index (Phi) is 9.28. The number of esters is 1. The highest BCUT2D eigenvalue weighted by molar-refractivity contribution is 14.0. The Hall–Kier alpha value is -1.71. The SMILES string of the molecule is CN=C(NCCCCC(=O)OC)NCc1ccc2c(c1)OCO2.I. The van der Waals surface area contributed by atoms with Crippen molar-refractivity contribution in [3.05, 3.63) is 23.8 Å². The minimum atomic E-state index is -0.171. The molecule has 0 atom stereocenters. The Labute approximate surface area is 159 Å². The van der Waals surface area contributed by atoms with Gasteiger partial charge in [0, 0.05) is 26.6 Å². The number of fused-ring (bicyclic) bond motifs is 1. The summed E-state index contributed by atoms with van der Waals surface area (Å²) in [5.41, 5.74) is 1.09. The standard InChI is InChI=1S/C16H23N3O4.HI/c1-17-16(18-8-4-3-5-15(20)21-2)19-10-12-6-7-13-14(9-12)23-11-22-13;/h6-7,9H,3-5,8,10-11H2,1-2H3,(H2,17,18,19);1H. The van der Waals surface area contributed by atoms with E-state index >= 15 is 0 Å². The van der Waals surface area contributed by atoms with Gasteiger partial charge in [-0.2, -0.15) is 0 Å². The molecule has 0 saturated heterocycles. The van der Waals surface area contributed by atoms with Gasteiger partial charge in [-0.3, -0.25) is 9.79 Å². The topological polar surface area (TPSA) is 81.2 Å². The highest BCUT2D eigenvalue weighted by Crippen LogP contribution is 2.32. The number of halogens is 1. The zero-order valence-corrected chi connectivity index (χ0v) is 16.3. The van der Waals surface area contributed by atoms with E-state index in [0.29, 0.717) is 13.0 Å². The Morgan fingerprint density at radius 1 is 1.25 bits per heavy atom. The minimum absolute atomic E-state index is 0. The van der Waals surface area contributed by atoms with Crippen molar-refractivity contribution in [2.75, 3.05) is 27.5 Å². The van der Waals surface area contributed by atoms with Crippen molar-refractivity contribution >= 4 is 35.9 Å². The number of nitrogens with one attached hydrogen (secondary N) is 2. The van der Waals surface area contributed by atoms with Gasteiger partial charge >= 0.3 is 5.97 Å². The highest BCUT2D eigenvalue weighted by Gasteiger charge is 2.13. The number of ether oxygens (including phenoxy) is 3. The van der Waals surface area contributed by atoms with E-state index in [2.05, 4.69) is 20.4 Å². The van der Waals surface area contributed by atoms with Gasteiger partial charge in [0.15, 0.2) is 17.5 Å². The van der Waals surface area contributed by atoms with Crippen LogP contribution in [0.2, 0.25) is 0 Å². The maximum atomic E-state index is 11.0. The van der Waals surface area contributed by atoms with Gasteiger partial charge < -0.3 is 24.8 Å². The number of rotatable bonds is 7. The molecule has 2 rings (SSSR count). The molecule has 0 unspecified atom stereocenters. The van der Waals surface area contributed by atoms with Crippen LogP contribution in [0, 0.1) is 0 Å². The first-order valence-corrected chi connectivity index (χ1v) is 7.63. The predicted molar refractivity (Wildman–Crippen MR) is 102 cm³/mol. The van der Waals surface area contributed by atoms with Gasteiger partial charge in [0.1, 0.15) is 0 Å². The van der Waals surface area contributed by atoms with E-state index in [1.54, 1.807) is 7.05 Å². The Bertz CT molecular complexity index is 566. The van der Waals surface area contributed by atoms with E-state index in [1.165, 1.54) is 7.11 Å². The zero-order valence-electron chi connectivity index (χ0n) is 14.0. The van der Waals surface area contributed by atoms with Gasteiger partial charge in [0.25, 0.3) is 0 Å². The molecule has 134 valence electrons. The fraction of sp³-hybridized carbons (Fsp3) is 0.500. The molecule has 0 amide bonds. The first-order chi connectivity index (χ1) is 11.2. The van der Waals surface area contributed by atoms with Gasteiger partial charge in [-0.25, -0.2) is 0 Å². The van der Waals surface area contributed by atoms with Crippen LogP contribution in [0.4, 0.5) is 0 Å². The molecule has 1 aliphatic heterocycles. The minimum Gasteiger partial charge on any atom is -0.469 e. The molecule has 0 saturated carbocycles. The van der Waals surface area contributed by atoms with Crippen LogP contribution in [0.15, 0.2) is 23.2 Å². The quantitative estimate of drug-likeness (QED) is 0.218. The first kappa shape index (κ1) is 20.3. The molecule has 24 heavy (non-hydrogen) atoms.